The summed E-state index contributed by atoms with van der Waals surface area (Å²) >= 11 is 6.13. The predicted molar refractivity (Wildman–Crippen MR) is 92.0 cm³/mol. The Labute approximate surface area is 143 Å². The summed E-state index contributed by atoms with van der Waals surface area (Å²) in [5.74, 6) is -0.127. The van der Waals surface area contributed by atoms with Gasteiger partial charge in [-0.1, -0.05) is 17.7 Å². The smallest absolute Gasteiger partial charge is 0.257 e. The molecule has 0 spiro atoms. The number of anilines is 1. The van der Waals surface area contributed by atoms with Crippen LogP contribution in [0.1, 0.15) is 35.8 Å². The zero-order valence-electron chi connectivity index (χ0n) is 13.1. The molecule has 0 radical (unpaired) electrons. The summed E-state index contributed by atoms with van der Waals surface area (Å²) in [6.07, 6.45) is 3.23. The number of halogens is 1. The molecule has 0 fully saturated rings. The van der Waals surface area contributed by atoms with Gasteiger partial charge in [0.2, 0.25) is 0 Å². The molecule has 1 amide bonds. The minimum atomic E-state index is -0.366. The minimum Gasteiger partial charge on any atom is -0.304 e. The molecule has 3 rings (SSSR count). The summed E-state index contributed by atoms with van der Waals surface area (Å²) in [4.78, 5) is 16.9. The van der Waals surface area contributed by atoms with E-state index in [2.05, 4.69) is 15.4 Å². The number of pyridine rings is 1. The average molecular weight is 340 g/mol. The van der Waals surface area contributed by atoms with E-state index in [1.165, 1.54) is 0 Å². The summed E-state index contributed by atoms with van der Waals surface area (Å²) in [6.45, 7) is 3.89. The van der Waals surface area contributed by atoms with Crippen LogP contribution in [-0.2, 0) is 0 Å². The number of fused-ring (bicyclic) bond motifs is 1. The van der Waals surface area contributed by atoms with Crippen molar-refractivity contribution in [2.45, 2.75) is 19.9 Å². The van der Waals surface area contributed by atoms with Gasteiger partial charge in [-0.05, 0) is 32.0 Å². The fraction of sp³-hybridized carbons (Fsp3) is 0.176. The van der Waals surface area contributed by atoms with Crippen molar-refractivity contribution in [1.29, 1.82) is 5.26 Å². The van der Waals surface area contributed by atoms with Gasteiger partial charge in [-0.15, -0.1) is 0 Å². The molecule has 0 bridgehead atoms. The van der Waals surface area contributed by atoms with Crippen LogP contribution >= 0.6 is 11.6 Å². The lowest BCUT2D eigenvalue weighted by molar-refractivity contribution is 0.102. The second-order valence-electron chi connectivity index (χ2n) is 5.53. The number of amides is 1. The molecular weight excluding hydrogens is 326 g/mol. The number of nitrogens with zero attached hydrogens (tertiary/aromatic N) is 4. The highest BCUT2D eigenvalue weighted by molar-refractivity contribution is 6.35. The molecule has 6 nitrogen and oxygen atoms in total. The van der Waals surface area contributed by atoms with Crippen LogP contribution in [0.25, 0.3) is 10.9 Å². The van der Waals surface area contributed by atoms with E-state index in [0.29, 0.717) is 27.1 Å². The normalized spacial score (nSPS) is 10.8. The summed E-state index contributed by atoms with van der Waals surface area (Å²) in [6, 6.07) is 8.91. The van der Waals surface area contributed by atoms with Crippen molar-refractivity contribution < 1.29 is 4.79 Å². The number of nitriles is 1. The molecule has 0 unspecified atom stereocenters. The molecule has 0 saturated heterocycles. The third kappa shape index (κ3) is 2.82. The summed E-state index contributed by atoms with van der Waals surface area (Å²) in [5, 5.41) is 17.3. The number of carbonyl (C=O) groups is 1. The third-order valence-electron chi connectivity index (χ3n) is 3.58. The van der Waals surface area contributed by atoms with Gasteiger partial charge in [0.25, 0.3) is 5.91 Å². The topological polar surface area (TPSA) is 83.6 Å². The highest BCUT2D eigenvalue weighted by atomic mass is 35.5. The molecule has 2 aromatic heterocycles. The number of benzene rings is 1. The van der Waals surface area contributed by atoms with E-state index in [9.17, 15) is 10.1 Å². The lowest BCUT2D eigenvalue weighted by atomic mass is 10.1. The second-order valence-corrected chi connectivity index (χ2v) is 5.93. The Morgan fingerprint density at radius 3 is 2.88 bits per heavy atom. The fourth-order valence-corrected chi connectivity index (χ4v) is 2.55. The van der Waals surface area contributed by atoms with Crippen molar-refractivity contribution in [1.82, 2.24) is 14.8 Å². The van der Waals surface area contributed by atoms with Crippen molar-refractivity contribution in [2.24, 2.45) is 0 Å². The molecule has 2 heterocycles. The molecule has 1 aromatic carbocycles. The number of aromatic nitrogens is 3. The lowest BCUT2D eigenvalue weighted by Gasteiger charge is -2.08. The molecule has 0 aliphatic rings. The molecule has 1 N–H and O–H groups in total. The first kappa shape index (κ1) is 16.0. The zero-order chi connectivity index (χ0) is 17.3. The second kappa shape index (κ2) is 6.30. The average Bonchev–Trinajstić information content (AvgIpc) is 2.98. The van der Waals surface area contributed by atoms with E-state index in [4.69, 9.17) is 11.6 Å². The van der Waals surface area contributed by atoms with Gasteiger partial charge < -0.3 is 5.32 Å². The Hall–Kier alpha value is -2.91. The van der Waals surface area contributed by atoms with Crippen molar-refractivity contribution in [3.8, 4) is 6.07 Å². The van der Waals surface area contributed by atoms with Gasteiger partial charge in [0.15, 0.2) is 5.82 Å². The van der Waals surface area contributed by atoms with E-state index < -0.39 is 0 Å². The third-order valence-corrected chi connectivity index (χ3v) is 3.88. The molecule has 0 saturated carbocycles. The largest absolute Gasteiger partial charge is 0.304 e. The van der Waals surface area contributed by atoms with Gasteiger partial charge in [0.1, 0.15) is 11.6 Å². The number of carbonyl (C=O) groups excluding carboxylic acids is 1. The van der Waals surface area contributed by atoms with E-state index in [-0.39, 0.29) is 17.8 Å². The van der Waals surface area contributed by atoms with Crippen LogP contribution in [0.3, 0.4) is 0 Å². The molecule has 120 valence electrons. The van der Waals surface area contributed by atoms with E-state index in [1.807, 2.05) is 19.9 Å². The first-order valence-electron chi connectivity index (χ1n) is 7.35. The Morgan fingerprint density at radius 1 is 1.38 bits per heavy atom. The first-order chi connectivity index (χ1) is 11.5. The van der Waals surface area contributed by atoms with Gasteiger partial charge in [-0.25, -0.2) is 0 Å². The first-order valence-corrected chi connectivity index (χ1v) is 7.73. The Morgan fingerprint density at radius 2 is 2.17 bits per heavy atom. The van der Waals surface area contributed by atoms with Gasteiger partial charge in [-0.3, -0.25) is 14.5 Å². The number of hydrogen-bond acceptors (Lipinski definition) is 4. The Balaban J connectivity index is 2.00. The number of rotatable bonds is 3. The SMILES string of the molecule is CC(C)n1cc(C#N)c(NC(=O)c2ccc(Cl)c3ncccc23)n1. The standard InChI is InChI=1S/C17H14ClN5O/c1-10(2)23-9-11(8-19)16(22-23)21-17(24)13-5-6-14(18)15-12(13)4-3-7-20-15/h3-7,9-10H,1-2H3,(H,21,22,24). The van der Waals surface area contributed by atoms with Gasteiger partial charge in [-0.2, -0.15) is 10.4 Å². The highest BCUT2D eigenvalue weighted by Gasteiger charge is 2.17. The molecule has 0 aliphatic heterocycles. The highest BCUT2D eigenvalue weighted by Crippen LogP contribution is 2.25. The Bertz CT molecular complexity index is 971. The van der Waals surface area contributed by atoms with Crippen molar-refractivity contribution >= 4 is 34.2 Å². The summed E-state index contributed by atoms with van der Waals surface area (Å²) in [7, 11) is 0. The van der Waals surface area contributed by atoms with Crippen molar-refractivity contribution in [3.63, 3.8) is 0 Å². The molecule has 24 heavy (non-hydrogen) atoms. The van der Waals surface area contributed by atoms with E-state index in [1.54, 1.807) is 41.3 Å². The van der Waals surface area contributed by atoms with Crippen LogP contribution in [-0.4, -0.2) is 20.7 Å². The van der Waals surface area contributed by atoms with Crippen molar-refractivity contribution in [2.75, 3.05) is 5.32 Å². The minimum absolute atomic E-state index is 0.0864. The van der Waals surface area contributed by atoms with E-state index in [0.717, 1.165) is 0 Å². The summed E-state index contributed by atoms with van der Waals surface area (Å²) in [5.41, 5.74) is 1.29. The van der Waals surface area contributed by atoms with Gasteiger partial charge in [0.05, 0.1) is 10.5 Å². The van der Waals surface area contributed by atoms with Crippen LogP contribution in [0.5, 0.6) is 0 Å². The van der Waals surface area contributed by atoms with Crippen LogP contribution in [0.4, 0.5) is 5.82 Å². The maximum atomic E-state index is 12.6. The predicted octanol–water partition coefficient (Wildman–Crippen LogP) is 3.79. The van der Waals surface area contributed by atoms with Crippen LogP contribution in [0.2, 0.25) is 5.02 Å². The van der Waals surface area contributed by atoms with Crippen LogP contribution in [0, 0.1) is 11.3 Å². The van der Waals surface area contributed by atoms with E-state index >= 15 is 0 Å². The monoisotopic (exact) mass is 339 g/mol. The quantitative estimate of drug-likeness (QED) is 0.786. The van der Waals surface area contributed by atoms with Crippen molar-refractivity contribution in [3.05, 3.63) is 52.8 Å². The van der Waals surface area contributed by atoms with Gasteiger partial charge >= 0.3 is 0 Å². The van der Waals surface area contributed by atoms with Crippen LogP contribution in [0.15, 0.2) is 36.7 Å². The Kier molecular flexibility index (Phi) is 4.19. The fourth-order valence-electron chi connectivity index (χ4n) is 2.34. The molecule has 0 atom stereocenters. The number of nitrogens with one attached hydrogen (secondary N) is 1. The molecule has 3 aromatic rings. The number of hydrogen-bond donors (Lipinski definition) is 1. The maximum absolute atomic E-state index is 12.6. The summed E-state index contributed by atoms with van der Waals surface area (Å²) < 4.78 is 1.63. The zero-order valence-corrected chi connectivity index (χ0v) is 13.9. The molecule has 0 aliphatic carbocycles. The lowest BCUT2D eigenvalue weighted by Crippen LogP contribution is -2.14. The maximum Gasteiger partial charge on any atom is 0.257 e. The van der Waals surface area contributed by atoms with Crippen LogP contribution < -0.4 is 5.32 Å². The molecular formula is C17H14ClN5O. The van der Waals surface area contributed by atoms with Gasteiger partial charge in [0, 0.05) is 29.4 Å². The molecule has 7 heteroatoms.